The van der Waals surface area contributed by atoms with E-state index in [1.807, 2.05) is 31.2 Å². The highest BCUT2D eigenvalue weighted by Gasteiger charge is 2.48. The van der Waals surface area contributed by atoms with Crippen molar-refractivity contribution in [2.75, 3.05) is 31.6 Å². The van der Waals surface area contributed by atoms with Crippen LogP contribution in [-0.4, -0.2) is 64.1 Å². The molecule has 2 heterocycles. The van der Waals surface area contributed by atoms with Crippen LogP contribution in [0.4, 0.5) is 14.9 Å². The number of carbonyl (C=O) groups excluding carboxylic acids is 1. The summed E-state index contributed by atoms with van der Waals surface area (Å²) < 4.78 is 18.7. The quantitative estimate of drug-likeness (QED) is 0.424. The second kappa shape index (κ2) is 11.0. The number of benzene rings is 2. The van der Waals surface area contributed by atoms with Crippen molar-refractivity contribution in [1.29, 1.82) is 0 Å². The highest BCUT2D eigenvalue weighted by molar-refractivity contribution is 6.05. The van der Waals surface area contributed by atoms with Gasteiger partial charge in [-0.1, -0.05) is 32.9 Å². The van der Waals surface area contributed by atoms with Gasteiger partial charge in [-0.25, -0.2) is 14.2 Å². The number of rotatable bonds is 6. The molecule has 206 valence electrons. The first-order chi connectivity index (χ1) is 18.4. The van der Waals surface area contributed by atoms with Crippen molar-refractivity contribution in [3.63, 3.8) is 0 Å². The molecule has 2 amide bonds. The van der Waals surface area contributed by atoms with Crippen molar-refractivity contribution in [2.45, 2.75) is 39.8 Å². The Hall–Kier alpha value is -3.98. The smallest absolute Gasteiger partial charge is 0.407 e. The summed E-state index contributed by atoms with van der Waals surface area (Å²) in [4.78, 5) is 34.6. The highest BCUT2D eigenvalue weighted by Crippen LogP contribution is 2.38. The van der Waals surface area contributed by atoms with Gasteiger partial charge in [-0.2, -0.15) is 0 Å². The lowest BCUT2D eigenvalue weighted by molar-refractivity contribution is -0.0462. The van der Waals surface area contributed by atoms with E-state index in [-0.39, 0.29) is 17.1 Å². The minimum Gasteiger partial charge on any atom is -0.465 e. The molecule has 0 aliphatic carbocycles. The molecule has 0 radical (unpaired) electrons. The largest absolute Gasteiger partial charge is 0.465 e. The molecule has 1 aliphatic rings. The van der Waals surface area contributed by atoms with E-state index < -0.39 is 11.6 Å². The third kappa shape index (κ3) is 6.20. The van der Waals surface area contributed by atoms with Crippen molar-refractivity contribution < 1.29 is 23.8 Å². The van der Waals surface area contributed by atoms with Crippen LogP contribution in [0.1, 0.15) is 43.6 Å². The maximum atomic E-state index is 13.1. The van der Waals surface area contributed by atoms with E-state index in [0.717, 1.165) is 11.3 Å². The molecule has 1 N–H and O–H groups in total. The average molecular weight is 535 g/mol. The molecule has 8 nitrogen and oxygen atoms in total. The molecule has 1 saturated heterocycles. The fraction of sp³-hybridized carbons (Fsp3) is 0.367. The van der Waals surface area contributed by atoms with Crippen LogP contribution in [0.5, 0.6) is 11.6 Å². The van der Waals surface area contributed by atoms with Gasteiger partial charge in [0.05, 0.1) is 11.1 Å². The second-order valence-electron chi connectivity index (χ2n) is 11.1. The van der Waals surface area contributed by atoms with Crippen molar-refractivity contribution in [3.8, 4) is 11.6 Å². The first-order valence-corrected chi connectivity index (χ1v) is 12.9. The number of nitrogens with zero attached hydrogens (tertiary/aromatic N) is 4. The third-order valence-corrected chi connectivity index (χ3v) is 7.67. The SMILES string of the molecule is CN(C(=O)c1ccc(Oc2ccc(F)cc2)nc1)c1ccc(CN2CCN(C(=O)O)[C@@](C)(C(C)(C)C)C2)cc1. The standard InChI is InChI=1S/C30H35FN4O4/c1-29(2,3)30(4)20-34(16-17-35(30)28(37)38)19-21-6-11-24(12-7-21)33(5)27(36)22-8-15-26(32-18-22)39-25-13-9-23(31)10-14-25/h6-15,18H,16-17,19-20H2,1-5H3,(H,37,38)/t30-/m1/s1. The molecule has 2 aromatic carbocycles. The fourth-order valence-electron chi connectivity index (χ4n) is 4.76. The predicted octanol–water partition coefficient (Wildman–Crippen LogP) is 5.89. The molecular formula is C30H35FN4O4. The summed E-state index contributed by atoms with van der Waals surface area (Å²) in [6, 6.07) is 16.7. The van der Waals surface area contributed by atoms with Gasteiger partial charge in [0.2, 0.25) is 5.88 Å². The van der Waals surface area contributed by atoms with Gasteiger partial charge < -0.3 is 14.7 Å². The van der Waals surface area contributed by atoms with Crippen LogP contribution in [-0.2, 0) is 6.54 Å². The maximum Gasteiger partial charge on any atom is 0.407 e. The predicted molar refractivity (Wildman–Crippen MR) is 148 cm³/mol. The molecule has 0 saturated carbocycles. The van der Waals surface area contributed by atoms with Crippen LogP contribution < -0.4 is 9.64 Å². The molecule has 39 heavy (non-hydrogen) atoms. The fourth-order valence-corrected chi connectivity index (χ4v) is 4.76. The summed E-state index contributed by atoms with van der Waals surface area (Å²) in [5.41, 5.74) is 1.49. The number of anilines is 1. The molecule has 0 bridgehead atoms. The van der Waals surface area contributed by atoms with Gasteiger partial charge in [-0.15, -0.1) is 0 Å². The number of pyridine rings is 1. The molecule has 1 atom stereocenters. The summed E-state index contributed by atoms with van der Waals surface area (Å²) in [5.74, 6) is 0.188. The van der Waals surface area contributed by atoms with E-state index in [1.165, 1.54) is 30.5 Å². The Kier molecular flexibility index (Phi) is 7.92. The first-order valence-electron chi connectivity index (χ1n) is 12.9. The lowest BCUT2D eigenvalue weighted by Gasteiger charge is -2.54. The molecule has 4 rings (SSSR count). The Balaban J connectivity index is 1.38. The number of hydrogen-bond acceptors (Lipinski definition) is 5. The number of hydrogen-bond donors (Lipinski definition) is 1. The molecule has 0 spiro atoms. The van der Waals surface area contributed by atoms with Gasteiger partial charge in [0.25, 0.3) is 5.91 Å². The zero-order chi connectivity index (χ0) is 28.4. The molecule has 1 fully saturated rings. The summed E-state index contributed by atoms with van der Waals surface area (Å²) >= 11 is 0. The highest BCUT2D eigenvalue weighted by atomic mass is 19.1. The third-order valence-electron chi connectivity index (χ3n) is 7.67. The van der Waals surface area contributed by atoms with E-state index in [1.54, 1.807) is 29.0 Å². The van der Waals surface area contributed by atoms with E-state index >= 15 is 0 Å². The zero-order valence-electron chi connectivity index (χ0n) is 23.0. The minimum atomic E-state index is -0.880. The monoisotopic (exact) mass is 534 g/mol. The van der Waals surface area contributed by atoms with Gasteiger partial charge >= 0.3 is 6.09 Å². The lowest BCUT2D eigenvalue weighted by atomic mass is 9.72. The van der Waals surface area contributed by atoms with Crippen LogP contribution in [0.3, 0.4) is 0 Å². The van der Waals surface area contributed by atoms with Crippen LogP contribution >= 0.6 is 0 Å². The van der Waals surface area contributed by atoms with Crippen molar-refractivity contribution in [1.82, 2.24) is 14.8 Å². The number of carboxylic acid groups (broad SMARTS) is 1. The molecule has 1 aromatic heterocycles. The number of halogens is 1. The normalized spacial score (nSPS) is 18.1. The molecule has 1 aliphatic heterocycles. The average Bonchev–Trinajstić information content (AvgIpc) is 2.89. The number of aromatic nitrogens is 1. The topological polar surface area (TPSA) is 86.2 Å². The summed E-state index contributed by atoms with van der Waals surface area (Å²) in [7, 11) is 1.71. The number of amides is 2. The number of piperazine rings is 1. The van der Waals surface area contributed by atoms with Crippen LogP contribution in [0.25, 0.3) is 0 Å². The van der Waals surface area contributed by atoms with Crippen LogP contribution in [0.15, 0.2) is 66.9 Å². The van der Waals surface area contributed by atoms with E-state index in [9.17, 15) is 19.1 Å². The number of carbonyl (C=O) groups is 2. The Labute approximate surface area is 228 Å². The van der Waals surface area contributed by atoms with Gasteiger partial charge in [-0.3, -0.25) is 14.6 Å². The van der Waals surface area contributed by atoms with E-state index in [0.29, 0.717) is 43.4 Å². The van der Waals surface area contributed by atoms with Gasteiger partial charge in [0.15, 0.2) is 0 Å². The Bertz CT molecular complexity index is 1310. The molecule has 9 heteroatoms. The molecular weight excluding hydrogens is 499 g/mol. The van der Waals surface area contributed by atoms with Crippen molar-refractivity contribution in [3.05, 3.63) is 83.8 Å². The minimum absolute atomic E-state index is 0.214. The summed E-state index contributed by atoms with van der Waals surface area (Å²) in [6.45, 7) is 10.7. The zero-order valence-corrected chi connectivity index (χ0v) is 23.0. The van der Waals surface area contributed by atoms with Crippen molar-refractivity contribution in [2.24, 2.45) is 5.41 Å². The van der Waals surface area contributed by atoms with Crippen LogP contribution in [0.2, 0.25) is 0 Å². The number of ether oxygens (including phenoxy) is 1. The van der Waals surface area contributed by atoms with E-state index in [2.05, 4.69) is 30.7 Å². The Morgan fingerprint density at radius 3 is 2.28 bits per heavy atom. The summed E-state index contributed by atoms with van der Waals surface area (Å²) in [5, 5.41) is 9.76. The van der Waals surface area contributed by atoms with E-state index in [4.69, 9.17) is 4.74 Å². The molecule has 0 unspecified atom stereocenters. The van der Waals surface area contributed by atoms with Crippen LogP contribution in [0, 0.1) is 11.2 Å². The van der Waals surface area contributed by atoms with Gasteiger partial charge in [-0.05, 0) is 60.4 Å². The Morgan fingerprint density at radius 1 is 1.05 bits per heavy atom. The maximum absolute atomic E-state index is 13.1. The summed E-state index contributed by atoms with van der Waals surface area (Å²) in [6.07, 6.45) is 0.573. The second-order valence-corrected chi connectivity index (χ2v) is 11.1. The lowest BCUT2D eigenvalue weighted by Crippen LogP contribution is -2.67. The first kappa shape index (κ1) is 28.0. The Morgan fingerprint density at radius 2 is 1.72 bits per heavy atom. The van der Waals surface area contributed by atoms with Gasteiger partial charge in [0.1, 0.15) is 11.6 Å². The molecule has 3 aromatic rings. The van der Waals surface area contributed by atoms with Crippen molar-refractivity contribution >= 4 is 17.7 Å². The van der Waals surface area contributed by atoms with Gasteiger partial charge in [0, 0.05) is 51.2 Å².